The van der Waals surface area contributed by atoms with Crippen LogP contribution in [-0.4, -0.2) is 36.1 Å². The molecule has 0 spiro atoms. The van der Waals surface area contributed by atoms with Crippen LogP contribution in [0.25, 0.3) is 0 Å². The summed E-state index contributed by atoms with van der Waals surface area (Å²) in [6, 6.07) is 7.83. The molecule has 0 aliphatic carbocycles. The van der Waals surface area contributed by atoms with Crippen molar-refractivity contribution in [2.24, 2.45) is 0 Å². The van der Waals surface area contributed by atoms with E-state index in [0.29, 0.717) is 5.82 Å². The first-order valence-corrected chi connectivity index (χ1v) is 7.72. The average Bonchev–Trinajstić information content (AvgIpc) is 2.57. The molecule has 23 heavy (non-hydrogen) atoms. The third-order valence-electron chi connectivity index (χ3n) is 4.21. The standard InChI is InChI=1S/C17H20F2N4/c1-12-3-4-13(2)15(9-12)22-5-7-23(8-6-22)16-10-14(17(18)19)20-11-21-16/h3-4,9-11,17H,5-8H2,1-2H3. The number of halogens is 2. The van der Waals surface area contributed by atoms with E-state index in [0.717, 1.165) is 26.2 Å². The average molecular weight is 318 g/mol. The maximum atomic E-state index is 12.8. The van der Waals surface area contributed by atoms with E-state index in [1.54, 1.807) is 0 Å². The highest BCUT2D eigenvalue weighted by Crippen LogP contribution is 2.25. The van der Waals surface area contributed by atoms with Gasteiger partial charge in [-0.05, 0) is 31.0 Å². The molecule has 0 atom stereocenters. The normalized spacial score (nSPS) is 15.3. The summed E-state index contributed by atoms with van der Waals surface area (Å²) in [6.45, 7) is 7.41. The summed E-state index contributed by atoms with van der Waals surface area (Å²) in [4.78, 5) is 12.1. The smallest absolute Gasteiger partial charge is 0.280 e. The molecule has 1 aromatic heterocycles. The van der Waals surface area contributed by atoms with Crippen LogP contribution in [0.3, 0.4) is 0 Å². The van der Waals surface area contributed by atoms with E-state index in [4.69, 9.17) is 0 Å². The summed E-state index contributed by atoms with van der Waals surface area (Å²) in [5, 5.41) is 0. The molecule has 2 heterocycles. The number of nitrogens with zero attached hydrogens (tertiary/aromatic N) is 4. The number of anilines is 2. The van der Waals surface area contributed by atoms with Crippen LogP contribution in [0.1, 0.15) is 23.2 Å². The van der Waals surface area contributed by atoms with Crippen LogP contribution in [0, 0.1) is 13.8 Å². The molecule has 1 aromatic carbocycles. The first-order valence-electron chi connectivity index (χ1n) is 7.72. The van der Waals surface area contributed by atoms with Gasteiger partial charge in [-0.2, -0.15) is 0 Å². The number of piperazine rings is 1. The Balaban J connectivity index is 1.71. The van der Waals surface area contributed by atoms with Crippen LogP contribution in [0.15, 0.2) is 30.6 Å². The van der Waals surface area contributed by atoms with Crippen molar-refractivity contribution in [1.82, 2.24) is 9.97 Å². The summed E-state index contributed by atoms with van der Waals surface area (Å²) < 4.78 is 25.5. The summed E-state index contributed by atoms with van der Waals surface area (Å²) in [5.41, 5.74) is 3.53. The van der Waals surface area contributed by atoms with Gasteiger partial charge >= 0.3 is 0 Å². The monoisotopic (exact) mass is 318 g/mol. The van der Waals surface area contributed by atoms with Gasteiger partial charge in [-0.1, -0.05) is 12.1 Å². The molecule has 122 valence electrons. The van der Waals surface area contributed by atoms with E-state index in [-0.39, 0.29) is 5.69 Å². The Morgan fingerprint density at radius 1 is 0.957 bits per heavy atom. The minimum Gasteiger partial charge on any atom is -0.368 e. The van der Waals surface area contributed by atoms with Crippen LogP contribution in [0.2, 0.25) is 0 Å². The second kappa shape index (κ2) is 6.48. The molecule has 0 bridgehead atoms. The lowest BCUT2D eigenvalue weighted by Gasteiger charge is -2.37. The second-order valence-corrected chi connectivity index (χ2v) is 5.87. The maximum Gasteiger partial charge on any atom is 0.280 e. The number of aryl methyl sites for hydroxylation is 2. The van der Waals surface area contributed by atoms with Gasteiger partial charge in [0.1, 0.15) is 17.8 Å². The molecule has 0 amide bonds. The van der Waals surface area contributed by atoms with Crippen LogP contribution < -0.4 is 9.80 Å². The van der Waals surface area contributed by atoms with E-state index in [9.17, 15) is 8.78 Å². The Hall–Kier alpha value is -2.24. The van der Waals surface area contributed by atoms with Crippen molar-refractivity contribution < 1.29 is 8.78 Å². The molecule has 6 heteroatoms. The van der Waals surface area contributed by atoms with Gasteiger partial charge in [-0.3, -0.25) is 0 Å². The van der Waals surface area contributed by atoms with Crippen LogP contribution >= 0.6 is 0 Å². The molecule has 0 saturated carbocycles. The zero-order valence-electron chi connectivity index (χ0n) is 13.3. The molecule has 1 aliphatic heterocycles. The molecule has 0 radical (unpaired) electrons. The highest BCUT2D eigenvalue weighted by atomic mass is 19.3. The Kier molecular flexibility index (Phi) is 4.41. The first-order chi connectivity index (χ1) is 11.0. The number of aromatic nitrogens is 2. The lowest BCUT2D eigenvalue weighted by molar-refractivity contribution is 0.146. The summed E-state index contributed by atoms with van der Waals surface area (Å²) in [5.74, 6) is 0.580. The Labute approximate surface area is 134 Å². The molecule has 0 unspecified atom stereocenters. The number of alkyl halides is 2. The number of benzene rings is 1. The summed E-state index contributed by atoms with van der Waals surface area (Å²) >= 11 is 0. The van der Waals surface area contributed by atoms with Crippen LogP contribution in [0.5, 0.6) is 0 Å². The predicted molar refractivity (Wildman–Crippen MR) is 87.3 cm³/mol. The van der Waals surface area contributed by atoms with Crippen molar-refractivity contribution in [1.29, 1.82) is 0 Å². The van der Waals surface area contributed by atoms with Gasteiger partial charge in [0.2, 0.25) is 0 Å². The molecule has 0 N–H and O–H groups in total. The molecular formula is C17H20F2N4. The van der Waals surface area contributed by atoms with Crippen molar-refractivity contribution in [3.63, 3.8) is 0 Å². The van der Waals surface area contributed by atoms with Crippen molar-refractivity contribution in [2.75, 3.05) is 36.0 Å². The van der Waals surface area contributed by atoms with E-state index < -0.39 is 6.43 Å². The van der Waals surface area contributed by atoms with E-state index in [2.05, 4.69) is 46.9 Å². The van der Waals surface area contributed by atoms with E-state index >= 15 is 0 Å². The maximum absolute atomic E-state index is 12.8. The lowest BCUT2D eigenvalue weighted by Crippen LogP contribution is -2.47. The Morgan fingerprint density at radius 2 is 1.65 bits per heavy atom. The van der Waals surface area contributed by atoms with Gasteiger partial charge in [0, 0.05) is 37.9 Å². The van der Waals surface area contributed by atoms with Crippen LogP contribution in [-0.2, 0) is 0 Å². The van der Waals surface area contributed by atoms with Crippen LogP contribution in [0.4, 0.5) is 20.3 Å². The van der Waals surface area contributed by atoms with Gasteiger partial charge in [-0.15, -0.1) is 0 Å². The Bertz CT molecular complexity index is 682. The number of rotatable bonds is 3. The van der Waals surface area contributed by atoms with Crippen molar-refractivity contribution >= 4 is 11.5 Å². The Morgan fingerprint density at radius 3 is 2.35 bits per heavy atom. The molecule has 1 fully saturated rings. The highest BCUT2D eigenvalue weighted by molar-refractivity contribution is 5.56. The van der Waals surface area contributed by atoms with Gasteiger partial charge in [0.25, 0.3) is 6.43 Å². The SMILES string of the molecule is Cc1ccc(C)c(N2CCN(c3cc(C(F)F)ncn3)CC2)c1. The zero-order valence-corrected chi connectivity index (χ0v) is 13.3. The topological polar surface area (TPSA) is 32.3 Å². The molecule has 2 aromatic rings. The van der Waals surface area contributed by atoms with Crippen molar-refractivity contribution in [3.05, 3.63) is 47.4 Å². The summed E-state index contributed by atoms with van der Waals surface area (Å²) in [6.07, 6.45) is -1.35. The first kappa shape index (κ1) is 15.6. The minimum atomic E-state index is -2.56. The van der Waals surface area contributed by atoms with Gasteiger partial charge in [0.05, 0.1) is 0 Å². The fraction of sp³-hybridized carbons (Fsp3) is 0.412. The number of hydrogen-bond acceptors (Lipinski definition) is 4. The fourth-order valence-electron chi connectivity index (χ4n) is 2.89. The largest absolute Gasteiger partial charge is 0.368 e. The van der Waals surface area contributed by atoms with Crippen molar-refractivity contribution in [3.8, 4) is 0 Å². The number of hydrogen-bond donors (Lipinski definition) is 0. The molecular weight excluding hydrogens is 298 g/mol. The van der Waals surface area contributed by atoms with E-state index in [1.165, 1.54) is 29.2 Å². The highest BCUT2D eigenvalue weighted by Gasteiger charge is 2.21. The predicted octanol–water partition coefficient (Wildman–Crippen LogP) is 3.36. The summed E-state index contributed by atoms with van der Waals surface area (Å²) in [7, 11) is 0. The lowest BCUT2D eigenvalue weighted by atomic mass is 10.1. The fourth-order valence-corrected chi connectivity index (χ4v) is 2.89. The second-order valence-electron chi connectivity index (χ2n) is 5.87. The van der Waals surface area contributed by atoms with Gasteiger partial charge < -0.3 is 9.80 Å². The van der Waals surface area contributed by atoms with Crippen molar-refractivity contribution in [2.45, 2.75) is 20.3 Å². The quantitative estimate of drug-likeness (QED) is 0.869. The molecule has 3 rings (SSSR count). The van der Waals surface area contributed by atoms with Gasteiger partial charge in [-0.25, -0.2) is 18.7 Å². The minimum absolute atomic E-state index is 0.216. The van der Waals surface area contributed by atoms with Gasteiger partial charge in [0.15, 0.2) is 0 Å². The third kappa shape index (κ3) is 3.41. The third-order valence-corrected chi connectivity index (χ3v) is 4.21. The molecule has 1 aliphatic rings. The van der Waals surface area contributed by atoms with E-state index in [1.807, 2.05) is 4.90 Å². The molecule has 1 saturated heterocycles. The molecule has 4 nitrogen and oxygen atoms in total. The zero-order chi connectivity index (χ0) is 16.4.